The number of morpholine rings is 1. The van der Waals surface area contributed by atoms with Crippen LogP contribution < -0.4 is 14.8 Å². The van der Waals surface area contributed by atoms with Gasteiger partial charge in [0, 0.05) is 29.6 Å². The van der Waals surface area contributed by atoms with E-state index >= 15 is 0 Å². The van der Waals surface area contributed by atoms with Gasteiger partial charge in [-0.1, -0.05) is 0 Å². The highest BCUT2D eigenvalue weighted by Gasteiger charge is 2.19. The van der Waals surface area contributed by atoms with Crippen LogP contribution in [-0.4, -0.2) is 61.7 Å². The first kappa shape index (κ1) is 22.7. The Kier molecular flexibility index (Phi) is 7.16. The standard InChI is InChI=1S/C23H22FN3O5S/c1-30-20-12-16(4-7-19(20)32-13-21(28)27-8-10-31-11-9-27)22(29)26-23-25-18(14-33-23)15-2-5-17(24)6-3-15/h2-7,12,14H,8-11,13H2,1H3,(H,25,26,29). The molecule has 10 heteroatoms. The fraction of sp³-hybridized carbons (Fsp3) is 0.261. The average Bonchev–Trinajstić information content (AvgIpc) is 3.31. The molecule has 1 aliphatic heterocycles. The van der Waals surface area contributed by atoms with Gasteiger partial charge in [-0.05, 0) is 42.5 Å². The topological polar surface area (TPSA) is 90.0 Å². The van der Waals surface area contributed by atoms with Gasteiger partial charge in [-0.2, -0.15) is 0 Å². The number of thiazole rings is 1. The number of carbonyl (C=O) groups is 2. The molecule has 2 aromatic carbocycles. The first-order chi connectivity index (χ1) is 16.0. The maximum Gasteiger partial charge on any atom is 0.260 e. The second kappa shape index (κ2) is 10.4. The zero-order chi connectivity index (χ0) is 23.2. The average molecular weight is 472 g/mol. The van der Waals surface area contributed by atoms with Gasteiger partial charge in [-0.3, -0.25) is 14.9 Å². The summed E-state index contributed by atoms with van der Waals surface area (Å²) in [6.07, 6.45) is 0. The number of aromatic nitrogens is 1. The minimum absolute atomic E-state index is 0.132. The van der Waals surface area contributed by atoms with Crippen molar-refractivity contribution in [1.29, 1.82) is 0 Å². The molecule has 1 N–H and O–H groups in total. The van der Waals surface area contributed by atoms with E-state index in [0.717, 1.165) is 5.56 Å². The molecule has 2 amide bonds. The number of ether oxygens (including phenoxy) is 3. The normalized spacial score (nSPS) is 13.5. The third kappa shape index (κ3) is 5.65. The van der Waals surface area contributed by atoms with Gasteiger partial charge >= 0.3 is 0 Å². The Hall–Kier alpha value is -3.50. The van der Waals surface area contributed by atoms with E-state index < -0.39 is 0 Å². The molecule has 1 fully saturated rings. The van der Waals surface area contributed by atoms with Crippen LogP contribution >= 0.6 is 11.3 Å². The van der Waals surface area contributed by atoms with Crippen molar-refractivity contribution >= 4 is 28.3 Å². The van der Waals surface area contributed by atoms with Crippen molar-refractivity contribution in [2.24, 2.45) is 0 Å². The SMILES string of the molecule is COc1cc(C(=O)Nc2nc(-c3ccc(F)cc3)cs2)ccc1OCC(=O)N1CCOCC1. The van der Waals surface area contributed by atoms with Gasteiger partial charge in [-0.25, -0.2) is 9.37 Å². The highest BCUT2D eigenvalue weighted by Crippen LogP contribution is 2.29. The summed E-state index contributed by atoms with van der Waals surface area (Å²) in [7, 11) is 1.46. The number of hydrogen-bond donors (Lipinski definition) is 1. The lowest BCUT2D eigenvalue weighted by atomic mass is 10.2. The zero-order valence-corrected chi connectivity index (χ0v) is 18.7. The van der Waals surface area contributed by atoms with Crippen LogP contribution in [0.5, 0.6) is 11.5 Å². The number of carbonyl (C=O) groups excluding carboxylic acids is 2. The molecule has 0 saturated carbocycles. The molecule has 1 aliphatic rings. The number of methoxy groups -OCH3 is 1. The Morgan fingerprint density at radius 3 is 2.64 bits per heavy atom. The summed E-state index contributed by atoms with van der Waals surface area (Å²) < 4.78 is 29.3. The van der Waals surface area contributed by atoms with Crippen LogP contribution in [0.15, 0.2) is 47.8 Å². The van der Waals surface area contributed by atoms with Crippen LogP contribution in [0.1, 0.15) is 10.4 Å². The predicted octanol–water partition coefficient (Wildman–Crippen LogP) is 3.45. The van der Waals surface area contributed by atoms with Gasteiger partial charge in [0.1, 0.15) is 5.82 Å². The van der Waals surface area contributed by atoms with Crippen LogP contribution in [-0.2, 0) is 9.53 Å². The monoisotopic (exact) mass is 471 g/mol. The molecular formula is C23H22FN3O5S. The number of benzene rings is 2. The summed E-state index contributed by atoms with van der Waals surface area (Å²) >= 11 is 1.27. The van der Waals surface area contributed by atoms with Gasteiger partial charge in [0.2, 0.25) is 0 Å². The van der Waals surface area contributed by atoms with Gasteiger partial charge < -0.3 is 19.1 Å². The molecule has 0 radical (unpaired) electrons. The van der Waals surface area contributed by atoms with Crippen molar-refractivity contribution in [2.45, 2.75) is 0 Å². The molecule has 0 bridgehead atoms. The molecule has 1 saturated heterocycles. The quantitative estimate of drug-likeness (QED) is 0.568. The summed E-state index contributed by atoms with van der Waals surface area (Å²) in [6.45, 7) is 1.98. The molecule has 2 heterocycles. The second-order valence-electron chi connectivity index (χ2n) is 7.15. The molecule has 0 aliphatic carbocycles. The van der Waals surface area contributed by atoms with E-state index in [1.165, 1.54) is 30.6 Å². The zero-order valence-electron chi connectivity index (χ0n) is 17.9. The first-order valence-electron chi connectivity index (χ1n) is 10.2. The fourth-order valence-corrected chi connectivity index (χ4v) is 3.94. The smallest absolute Gasteiger partial charge is 0.260 e. The van der Waals surface area contributed by atoms with Gasteiger partial charge in [0.25, 0.3) is 11.8 Å². The fourth-order valence-electron chi connectivity index (χ4n) is 3.23. The summed E-state index contributed by atoms with van der Waals surface area (Å²) in [5, 5.41) is 4.94. The minimum atomic E-state index is -0.371. The largest absolute Gasteiger partial charge is 0.493 e. The Morgan fingerprint density at radius 1 is 1.15 bits per heavy atom. The number of nitrogens with zero attached hydrogens (tertiary/aromatic N) is 2. The van der Waals surface area contributed by atoms with Crippen molar-refractivity contribution < 1.29 is 28.2 Å². The van der Waals surface area contributed by atoms with Crippen LogP contribution in [0, 0.1) is 5.82 Å². The van der Waals surface area contributed by atoms with E-state index in [2.05, 4.69) is 10.3 Å². The number of hydrogen-bond acceptors (Lipinski definition) is 7. The molecule has 0 spiro atoms. The Balaban J connectivity index is 1.39. The summed E-state index contributed by atoms with van der Waals surface area (Å²) in [5.41, 5.74) is 1.74. The summed E-state index contributed by atoms with van der Waals surface area (Å²) in [6, 6.07) is 10.7. The molecule has 0 atom stereocenters. The lowest BCUT2D eigenvalue weighted by molar-refractivity contribution is -0.137. The molecular weight excluding hydrogens is 449 g/mol. The molecule has 3 aromatic rings. The number of halogens is 1. The highest BCUT2D eigenvalue weighted by atomic mass is 32.1. The summed E-state index contributed by atoms with van der Waals surface area (Å²) in [4.78, 5) is 31.1. The van der Waals surface area contributed by atoms with E-state index in [9.17, 15) is 14.0 Å². The number of rotatable bonds is 7. The molecule has 8 nitrogen and oxygen atoms in total. The van der Waals surface area contributed by atoms with Crippen molar-refractivity contribution in [3.05, 3.63) is 59.2 Å². The Morgan fingerprint density at radius 2 is 1.91 bits per heavy atom. The number of nitrogens with one attached hydrogen (secondary N) is 1. The van der Waals surface area contributed by atoms with Crippen molar-refractivity contribution in [3.8, 4) is 22.8 Å². The van der Waals surface area contributed by atoms with Crippen LogP contribution in [0.25, 0.3) is 11.3 Å². The van der Waals surface area contributed by atoms with Gasteiger partial charge in [0.15, 0.2) is 23.2 Å². The third-order valence-electron chi connectivity index (χ3n) is 5.01. The maximum absolute atomic E-state index is 13.1. The highest BCUT2D eigenvalue weighted by molar-refractivity contribution is 7.14. The van der Waals surface area contributed by atoms with E-state index in [0.29, 0.717) is 54.2 Å². The van der Waals surface area contributed by atoms with E-state index in [1.807, 2.05) is 0 Å². The Bertz CT molecular complexity index is 1130. The first-order valence-corrected chi connectivity index (χ1v) is 11.1. The third-order valence-corrected chi connectivity index (χ3v) is 5.76. The van der Waals surface area contributed by atoms with E-state index in [4.69, 9.17) is 14.2 Å². The van der Waals surface area contributed by atoms with Crippen LogP contribution in [0.2, 0.25) is 0 Å². The minimum Gasteiger partial charge on any atom is -0.493 e. The molecule has 172 valence electrons. The lowest BCUT2D eigenvalue weighted by Gasteiger charge is -2.26. The van der Waals surface area contributed by atoms with Gasteiger partial charge in [-0.15, -0.1) is 11.3 Å². The maximum atomic E-state index is 13.1. The van der Waals surface area contributed by atoms with E-state index in [1.54, 1.807) is 40.6 Å². The molecule has 1 aromatic heterocycles. The van der Waals surface area contributed by atoms with Crippen molar-refractivity contribution in [1.82, 2.24) is 9.88 Å². The van der Waals surface area contributed by atoms with E-state index in [-0.39, 0.29) is 24.2 Å². The molecule has 33 heavy (non-hydrogen) atoms. The van der Waals surface area contributed by atoms with Gasteiger partial charge in [0.05, 0.1) is 26.0 Å². The molecule has 0 unspecified atom stereocenters. The molecule has 4 rings (SSSR count). The predicted molar refractivity (Wildman–Crippen MR) is 121 cm³/mol. The number of amides is 2. The van der Waals surface area contributed by atoms with Crippen molar-refractivity contribution in [3.63, 3.8) is 0 Å². The van der Waals surface area contributed by atoms with Crippen LogP contribution in [0.3, 0.4) is 0 Å². The number of anilines is 1. The van der Waals surface area contributed by atoms with Crippen molar-refractivity contribution in [2.75, 3.05) is 45.3 Å². The lowest BCUT2D eigenvalue weighted by Crippen LogP contribution is -2.43. The second-order valence-corrected chi connectivity index (χ2v) is 8.00. The van der Waals surface area contributed by atoms with Crippen LogP contribution in [0.4, 0.5) is 9.52 Å². The Labute approximate surface area is 193 Å². The summed E-state index contributed by atoms with van der Waals surface area (Å²) in [5.74, 6) is -0.131.